The molecule has 2 aliphatic rings. The number of rotatable bonds is 4. The van der Waals surface area contributed by atoms with Gasteiger partial charge in [0.2, 0.25) is 5.13 Å². The maximum atomic E-state index is 13.3. The van der Waals surface area contributed by atoms with Crippen molar-refractivity contribution in [2.24, 2.45) is 5.41 Å². The van der Waals surface area contributed by atoms with Crippen molar-refractivity contribution < 1.29 is 13.5 Å². The summed E-state index contributed by atoms with van der Waals surface area (Å²) in [6, 6.07) is 0. The molecule has 0 unspecified atom stereocenters. The van der Waals surface area contributed by atoms with E-state index in [0.717, 1.165) is 11.0 Å². The Morgan fingerprint density at radius 1 is 1.37 bits per heavy atom. The smallest absolute Gasteiger partial charge is 0.254 e. The van der Waals surface area contributed by atoms with Gasteiger partial charge in [-0.15, -0.1) is 0 Å². The minimum atomic E-state index is -2.43. The van der Waals surface area contributed by atoms with Gasteiger partial charge >= 0.3 is 0 Å². The highest BCUT2D eigenvalue weighted by Gasteiger charge is 2.70. The summed E-state index contributed by atoms with van der Waals surface area (Å²) >= 11 is 1.35. The Morgan fingerprint density at radius 2 is 2.05 bits per heavy atom. The minimum absolute atomic E-state index is 0.0725. The number of methoxy groups -OCH3 is 1. The predicted molar refractivity (Wildman–Crippen MR) is 68.9 cm³/mol. The van der Waals surface area contributed by atoms with Gasteiger partial charge in [0, 0.05) is 50.0 Å². The number of nitrogens with zero attached hydrogens (tertiary/aromatic N) is 3. The quantitative estimate of drug-likeness (QED) is 0.853. The molecule has 0 bridgehead atoms. The van der Waals surface area contributed by atoms with E-state index >= 15 is 0 Å². The number of hydrogen-bond donors (Lipinski definition) is 0. The Balaban J connectivity index is 1.58. The average Bonchev–Trinajstić information content (AvgIpc) is 2.78. The molecule has 4 nitrogen and oxygen atoms in total. The molecular formula is C12H17F2N3OS. The topological polar surface area (TPSA) is 38.2 Å². The van der Waals surface area contributed by atoms with E-state index in [4.69, 9.17) is 4.74 Å². The third kappa shape index (κ3) is 2.33. The zero-order valence-electron chi connectivity index (χ0n) is 10.9. The van der Waals surface area contributed by atoms with Gasteiger partial charge in [0.15, 0.2) is 0 Å². The molecule has 0 radical (unpaired) electrons. The average molecular weight is 289 g/mol. The van der Waals surface area contributed by atoms with Crippen molar-refractivity contribution >= 4 is 16.7 Å². The number of piperidine rings is 1. The molecular weight excluding hydrogens is 272 g/mol. The van der Waals surface area contributed by atoms with Crippen molar-refractivity contribution in [2.75, 3.05) is 31.7 Å². The first-order chi connectivity index (χ1) is 9.06. The normalized spacial score (nSPS) is 23.8. The van der Waals surface area contributed by atoms with Crippen molar-refractivity contribution in [3.63, 3.8) is 0 Å². The molecule has 0 N–H and O–H groups in total. The highest BCUT2D eigenvalue weighted by molar-refractivity contribution is 7.09. The number of hydrogen-bond acceptors (Lipinski definition) is 5. The van der Waals surface area contributed by atoms with Crippen LogP contribution >= 0.6 is 11.5 Å². The molecule has 1 saturated heterocycles. The summed E-state index contributed by atoms with van der Waals surface area (Å²) in [4.78, 5) is 6.52. The van der Waals surface area contributed by atoms with E-state index in [1.54, 1.807) is 7.11 Å². The minimum Gasteiger partial charge on any atom is -0.384 e. The van der Waals surface area contributed by atoms with E-state index in [2.05, 4.69) is 14.3 Å². The number of ether oxygens (including phenoxy) is 1. The van der Waals surface area contributed by atoms with Crippen molar-refractivity contribution in [1.82, 2.24) is 9.36 Å². The van der Waals surface area contributed by atoms with Crippen molar-refractivity contribution in [2.45, 2.75) is 31.6 Å². The lowest BCUT2D eigenvalue weighted by molar-refractivity contribution is 0.0537. The molecule has 1 aromatic heterocycles. The van der Waals surface area contributed by atoms with Gasteiger partial charge in [-0.25, -0.2) is 13.8 Å². The van der Waals surface area contributed by atoms with E-state index in [-0.39, 0.29) is 6.42 Å². The van der Waals surface area contributed by atoms with Gasteiger partial charge in [-0.2, -0.15) is 4.37 Å². The molecule has 1 spiro atoms. The van der Waals surface area contributed by atoms with Crippen LogP contribution in [0.2, 0.25) is 0 Å². The summed E-state index contributed by atoms with van der Waals surface area (Å²) in [6.07, 6.45) is 1.89. The Morgan fingerprint density at radius 3 is 2.63 bits per heavy atom. The lowest BCUT2D eigenvalue weighted by Gasteiger charge is -2.31. The standard InChI is InChI=1S/C12H17F2N3OS/c1-18-7-2-9-15-10(19-16-9)17-5-3-11(4-6-17)8-12(11,13)14/h2-8H2,1H3. The molecule has 2 heterocycles. The first-order valence-electron chi connectivity index (χ1n) is 6.51. The second kappa shape index (κ2) is 4.63. The molecule has 106 valence electrons. The van der Waals surface area contributed by atoms with E-state index < -0.39 is 11.3 Å². The van der Waals surface area contributed by atoms with E-state index in [1.807, 2.05) is 0 Å². The number of aromatic nitrogens is 2. The van der Waals surface area contributed by atoms with Crippen LogP contribution in [0, 0.1) is 5.41 Å². The highest BCUT2D eigenvalue weighted by Crippen LogP contribution is 2.65. The molecule has 3 rings (SSSR count). The number of alkyl halides is 2. The van der Waals surface area contributed by atoms with Gasteiger partial charge < -0.3 is 9.64 Å². The van der Waals surface area contributed by atoms with Crippen LogP contribution in [-0.4, -0.2) is 42.1 Å². The van der Waals surface area contributed by atoms with E-state index in [9.17, 15) is 8.78 Å². The lowest BCUT2D eigenvalue weighted by atomic mass is 9.93. The molecule has 0 atom stereocenters. The number of halogens is 2. The SMILES string of the molecule is COCCc1nsc(N2CCC3(CC2)CC3(F)F)n1. The zero-order valence-corrected chi connectivity index (χ0v) is 11.7. The first kappa shape index (κ1) is 13.2. The van der Waals surface area contributed by atoms with Crippen LogP contribution in [-0.2, 0) is 11.2 Å². The second-order valence-corrected chi connectivity index (χ2v) is 6.11. The third-order valence-corrected chi connectivity index (χ3v) is 5.00. The van der Waals surface area contributed by atoms with Gasteiger partial charge in [-0.1, -0.05) is 0 Å². The summed E-state index contributed by atoms with van der Waals surface area (Å²) in [5.74, 6) is -1.65. The maximum Gasteiger partial charge on any atom is 0.254 e. The Bertz CT molecular complexity index is 458. The van der Waals surface area contributed by atoms with Gasteiger partial charge in [0.1, 0.15) is 5.82 Å². The fourth-order valence-electron chi connectivity index (χ4n) is 2.72. The monoisotopic (exact) mass is 289 g/mol. The largest absolute Gasteiger partial charge is 0.384 e. The second-order valence-electron chi connectivity index (χ2n) is 5.38. The Hall–Kier alpha value is -0.820. The van der Waals surface area contributed by atoms with Crippen LogP contribution in [0.4, 0.5) is 13.9 Å². The Kier molecular flexibility index (Phi) is 3.21. The van der Waals surface area contributed by atoms with Crippen molar-refractivity contribution in [3.8, 4) is 0 Å². The predicted octanol–water partition coefficient (Wildman–Crippen LogP) is 2.35. The zero-order chi connectivity index (χ0) is 13.5. The molecule has 0 amide bonds. The van der Waals surface area contributed by atoms with Crippen LogP contribution in [0.1, 0.15) is 25.1 Å². The first-order valence-corrected chi connectivity index (χ1v) is 7.28. The Labute approximate surface area is 114 Å². The molecule has 1 aliphatic carbocycles. The molecule has 1 aliphatic heterocycles. The fourth-order valence-corrected chi connectivity index (χ4v) is 3.48. The summed E-state index contributed by atoms with van der Waals surface area (Å²) in [5.41, 5.74) is -0.701. The van der Waals surface area contributed by atoms with Crippen molar-refractivity contribution in [3.05, 3.63) is 5.82 Å². The number of anilines is 1. The molecule has 19 heavy (non-hydrogen) atoms. The highest BCUT2D eigenvalue weighted by atomic mass is 32.1. The van der Waals surface area contributed by atoms with Gasteiger partial charge in [0.05, 0.1) is 6.61 Å². The van der Waals surface area contributed by atoms with Crippen LogP contribution < -0.4 is 4.90 Å². The maximum absolute atomic E-state index is 13.3. The third-order valence-electron chi connectivity index (χ3n) is 4.19. The fraction of sp³-hybridized carbons (Fsp3) is 0.833. The van der Waals surface area contributed by atoms with Crippen LogP contribution in [0.3, 0.4) is 0 Å². The van der Waals surface area contributed by atoms with E-state index in [1.165, 1.54) is 11.5 Å². The van der Waals surface area contributed by atoms with Gasteiger partial charge in [-0.05, 0) is 12.8 Å². The van der Waals surface area contributed by atoms with E-state index in [0.29, 0.717) is 39.0 Å². The molecule has 0 aromatic carbocycles. The van der Waals surface area contributed by atoms with Gasteiger partial charge in [-0.3, -0.25) is 0 Å². The molecule has 7 heteroatoms. The molecule has 2 fully saturated rings. The summed E-state index contributed by atoms with van der Waals surface area (Å²) in [5, 5.41) is 0.852. The lowest BCUT2D eigenvalue weighted by Crippen LogP contribution is -2.36. The van der Waals surface area contributed by atoms with Crippen LogP contribution in [0.15, 0.2) is 0 Å². The summed E-state index contributed by atoms with van der Waals surface area (Å²) in [7, 11) is 1.65. The summed E-state index contributed by atoms with van der Waals surface area (Å²) < 4.78 is 35.8. The van der Waals surface area contributed by atoms with Gasteiger partial charge in [0.25, 0.3) is 5.92 Å². The van der Waals surface area contributed by atoms with Crippen LogP contribution in [0.5, 0.6) is 0 Å². The molecule has 1 saturated carbocycles. The van der Waals surface area contributed by atoms with Crippen molar-refractivity contribution in [1.29, 1.82) is 0 Å². The van der Waals surface area contributed by atoms with Crippen LogP contribution in [0.25, 0.3) is 0 Å². The molecule has 1 aromatic rings. The summed E-state index contributed by atoms with van der Waals surface area (Å²) in [6.45, 7) is 1.93.